The maximum atomic E-state index is 12.4. The van der Waals surface area contributed by atoms with Crippen LogP contribution in [0.4, 0.5) is 10.5 Å². The van der Waals surface area contributed by atoms with Crippen LogP contribution in [0.15, 0.2) is 29.3 Å². The number of carbonyl (C=O) groups excluding carboxylic acids is 2. The molecule has 2 saturated heterocycles. The number of anilines is 1. The summed E-state index contributed by atoms with van der Waals surface area (Å²) in [5, 5.41) is 10.3. The van der Waals surface area contributed by atoms with Crippen LogP contribution in [0, 0.1) is 0 Å². The molecule has 3 amide bonds. The van der Waals surface area contributed by atoms with Gasteiger partial charge < -0.3 is 20.9 Å². The first-order valence-electron chi connectivity index (χ1n) is 10.5. The Kier molecular flexibility index (Phi) is 9.23. The van der Waals surface area contributed by atoms with E-state index < -0.39 is 5.54 Å². The van der Waals surface area contributed by atoms with E-state index in [-0.39, 0.29) is 42.0 Å². The number of hydrogen-bond acceptors (Lipinski definition) is 4. The molecule has 2 fully saturated rings. The lowest BCUT2D eigenvalue weighted by atomic mass is 9.99. The van der Waals surface area contributed by atoms with E-state index in [0.29, 0.717) is 25.9 Å². The number of guanidine groups is 1. The van der Waals surface area contributed by atoms with Gasteiger partial charge in [-0.1, -0.05) is 24.6 Å². The number of urea groups is 1. The van der Waals surface area contributed by atoms with Crippen LogP contribution in [0.25, 0.3) is 0 Å². The highest BCUT2D eigenvalue weighted by atomic mass is 127. The molecule has 31 heavy (non-hydrogen) atoms. The zero-order valence-corrected chi connectivity index (χ0v) is 21.4. The van der Waals surface area contributed by atoms with E-state index >= 15 is 0 Å². The Morgan fingerprint density at radius 2 is 2.16 bits per heavy atom. The quantitative estimate of drug-likeness (QED) is 0.156. The third kappa shape index (κ3) is 6.15. The second-order valence-corrected chi connectivity index (χ2v) is 8.42. The molecular formula is C21H32ClIN6O2. The molecule has 2 aliphatic heterocycles. The van der Waals surface area contributed by atoms with Crippen LogP contribution in [0.2, 0.25) is 5.02 Å². The van der Waals surface area contributed by atoms with E-state index in [1.807, 2.05) is 25.1 Å². The first-order chi connectivity index (χ1) is 14.4. The van der Waals surface area contributed by atoms with Crippen molar-refractivity contribution < 1.29 is 9.59 Å². The number of amides is 3. The minimum atomic E-state index is -0.778. The highest BCUT2D eigenvalue weighted by Crippen LogP contribution is 2.23. The molecule has 1 aromatic carbocycles. The molecule has 3 N–H and O–H groups in total. The fourth-order valence-electron chi connectivity index (χ4n) is 3.81. The first-order valence-corrected chi connectivity index (χ1v) is 10.9. The Morgan fingerprint density at radius 1 is 1.39 bits per heavy atom. The Morgan fingerprint density at radius 3 is 2.81 bits per heavy atom. The van der Waals surface area contributed by atoms with Gasteiger partial charge >= 0.3 is 6.03 Å². The molecule has 3 rings (SSSR count). The Bertz CT molecular complexity index is 823. The molecule has 172 valence electrons. The smallest absolute Gasteiger partial charge is 0.325 e. The van der Waals surface area contributed by atoms with Crippen molar-refractivity contribution in [1.82, 2.24) is 20.9 Å². The van der Waals surface area contributed by atoms with Crippen molar-refractivity contribution in [3.63, 3.8) is 0 Å². The topological polar surface area (TPSA) is 89.1 Å². The minimum Gasteiger partial charge on any atom is -0.369 e. The van der Waals surface area contributed by atoms with Crippen LogP contribution < -0.4 is 20.9 Å². The van der Waals surface area contributed by atoms with Gasteiger partial charge in [0.1, 0.15) is 5.54 Å². The zero-order chi connectivity index (χ0) is 21.7. The van der Waals surface area contributed by atoms with Gasteiger partial charge in [0.15, 0.2) is 5.96 Å². The molecule has 8 nitrogen and oxygen atoms in total. The van der Waals surface area contributed by atoms with E-state index in [1.165, 1.54) is 4.90 Å². The molecule has 2 aliphatic rings. The van der Waals surface area contributed by atoms with Gasteiger partial charge in [0.2, 0.25) is 0 Å². The predicted octanol–water partition coefficient (Wildman–Crippen LogP) is 2.81. The van der Waals surface area contributed by atoms with Crippen molar-refractivity contribution in [2.45, 2.75) is 44.7 Å². The Balaban J connectivity index is 0.00000341. The molecule has 10 heteroatoms. The van der Waals surface area contributed by atoms with Gasteiger partial charge in [-0.3, -0.25) is 14.7 Å². The normalized spacial score (nSPS) is 23.6. The molecule has 2 atom stereocenters. The molecule has 2 heterocycles. The summed E-state index contributed by atoms with van der Waals surface area (Å²) in [4.78, 5) is 32.4. The molecular weight excluding hydrogens is 531 g/mol. The largest absolute Gasteiger partial charge is 0.369 e. The van der Waals surface area contributed by atoms with Gasteiger partial charge in [0.05, 0.1) is 0 Å². The number of carbonyl (C=O) groups is 2. The fraction of sp³-hybridized carbons (Fsp3) is 0.571. The second-order valence-electron chi connectivity index (χ2n) is 7.98. The maximum Gasteiger partial charge on any atom is 0.325 e. The number of hydrogen-bond donors (Lipinski definition) is 3. The van der Waals surface area contributed by atoms with Crippen molar-refractivity contribution >= 4 is 59.2 Å². The van der Waals surface area contributed by atoms with Gasteiger partial charge in [-0.2, -0.15) is 0 Å². The van der Waals surface area contributed by atoms with E-state index in [9.17, 15) is 9.59 Å². The lowest BCUT2D eigenvalue weighted by molar-refractivity contribution is -0.130. The van der Waals surface area contributed by atoms with E-state index in [1.54, 1.807) is 14.0 Å². The number of nitrogens with one attached hydrogen (secondary N) is 3. The summed E-state index contributed by atoms with van der Waals surface area (Å²) < 4.78 is 0. The average molecular weight is 563 g/mol. The maximum absolute atomic E-state index is 12.4. The standard InChI is InChI=1S/C21H31ClN6O2.HI/c1-4-21(2)18(29)28(20(30)26-21)11-6-10-24-19(23-3)25-16-9-12-27(14-16)17-8-5-7-15(22)13-17;/h5,7-8,13,16H,4,6,9-12,14H2,1-3H3,(H,26,30)(H2,23,24,25);1H. The summed E-state index contributed by atoms with van der Waals surface area (Å²) in [5.74, 6) is 0.577. The first kappa shape index (κ1) is 25.5. The SMILES string of the molecule is CCC1(C)NC(=O)N(CCCNC(=NC)NC2CCN(c3cccc(Cl)c3)C2)C1=O.I. The molecule has 0 spiro atoms. The number of rotatable bonds is 7. The number of nitrogens with zero attached hydrogens (tertiary/aromatic N) is 3. The van der Waals surface area contributed by atoms with Crippen molar-refractivity contribution in [1.29, 1.82) is 0 Å². The van der Waals surface area contributed by atoms with E-state index in [4.69, 9.17) is 11.6 Å². The van der Waals surface area contributed by atoms with Crippen molar-refractivity contribution in [2.24, 2.45) is 4.99 Å². The third-order valence-electron chi connectivity index (χ3n) is 5.83. The monoisotopic (exact) mass is 562 g/mol. The lowest BCUT2D eigenvalue weighted by Gasteiger charge is -2.21. The van der Waals surface area contributed by atoms with E-state index in [2.05, 4.69) is 31.9 Å². The summed E-state index contributed by atoms with van der Waals surface area (Å²) >= 11 is 6.11. The molecule has 1 aromatic rings. The molecule has 0 aromatic heterocycles. The van der Waals surface area contributed by atoms with Crippen LogP contribution >= 0.6 is 35.6 Å². The van der Waals surface area contributed by atoms with Crippen LogP contribution in [-0.4, -0.2) is 67.6 Å². The molecule has 0 bridgehead atoms. The zero-order valence-electron chi connectivity index (χ0n) is 18.3. The molecule has 2 unspecified atom stereocenters. The summed E-state index contributed by atoms with van der Waals surface area (Å²) in [6.07, 6.45) is 2.24. The van der Waals surface area contributed by atoms with Crippen LogP contribution in [0.3, 0.4) is 0 Å². The summed E-state index contributed by atoms with van der Waals surface area (Å²) in [7, 11) is 1.74. The molecule has 0 saturated carbocycles. The van der Waals surface area contributed by atoms with Gasteiger partial charge in [-0.15, -0.1) is 24.0 Å². The lowest BCUT2D eigenvalue weighted by Crippen LogP contribution is -2.45. The van der Waals surface area contributed by atoms with Gasteiger partial charge in [0, 0.05) is 50.0 Å². The number of aliphatic imine (C=N–C) groups is 1. The highest BCUT2D eigenvalue weighted by Gasteiger charge is 2.45. The summed E-state index contributed by atoms with van der Waals surface area (Å²) in [6.45, 7) is 6.50. The predicted molar refractivity (Wildman–Crippen MR) is 136 cm³/mol. The number of benzene rings is 1. The fourth-order valence-corrected chi connectivity index (χ4v) is 3.99. The van der Waals surface area contributed by atoms with Gasteiger partial charge in [-0.25, -0.2) is 4.79 Å². The van der Waals surface area contributed by atoms with E-state index in [0.717, 1.165) is 36.2 Å². The van der Waals surface area contributed by atoms with Gasteiger partial charge in [0.25, 0.3) is 5.91 Å². The molecule has 0 aliphatic carbocycles. The Hall–Kier alpha value is -1.75. The summed E-state index contributed by atoms with van der Waals surface area (Å²) in [5.41, 5.74) is 0.349. The number of imide groups is 1. The Labute approximate surface area is 206 Å². The summed E-state index contributed by atoms with van der Waals surface area (Å²) in [6, 6.07) is 7.87. The molecule has 0 radical (unpaired) electrons. The van der Waals surface area contributed by atoms with Crippen LogP contribution in [-0.2, 0) is 4.79 Å². The minimum absolute atomic E-state index is 0. The van der Waals surface area contributed by atoms with Gasteiger partial charge in [-0.05, 0) is 44.4 Å². The third-order valence-corrected chi connectivity index (χ3v) is 6.06. The van der Waals surface area contributed by atoms with Crippen molar-refractivity contribution in [3.05, 3.63) is 29.3 Å². The van der Waals surface area contributed by atoms with Crippen LogP contribution in [0.1, 0.15) is 33.1 Å². The second kappa shape index (κ2) is 11.2. The highest BCUT2D eigenvalue weighted by molar-refractivity contribution is 14.0. The average Bonchev–Trinajstić information content (AvgIpc) is 3.28. The van der Waals surface area contributed by atoms with Crippen LogP contribution in [0.5, 0.6) is 0 Å². The van der Waals surface area contributed by atoms with Crippen molar-refractivity contribution in [2.75, 3.05) is 38.1 Å². The van der Waals surface area contributed by atoms with Crippen molar-refractivity contribution in [3.8, 4) is 0 Å². The number of halogens is 2.